The number of aromatic nitrogens is 2. The van der Waals surface area contributed by atoms with E-state index in [1.807, 2.05) is 18.5 Å². The Morgan fingerprint density at radius 1 is 1.18 bits per heavy atom. The highest BCUT2D eigenvalue weighted by Gasteiger charge is 2.52. The molecule has 8 heteroatoms. The molecule has 0 N–H and O–H groups in total. The smallest absolute Gasteiger partial charge is 0.307 e. The van der Waals surface area contributed by atoms with E-state index in [0.29, 0.717) is 22.6 Å². The molecule has 3 aliphatic rings. The number of carbonyl (C=O) groups excluding carboxylic acids is 1. The molecule has 0 amide bonds. The van der Waals surface area contributed by atoms with Crippen LogP contribution in [0.5, 0.6) is 0 Å². The summed E-state index contributed by atoms with van der Waals surface area (Å²) in [5.41, 5.74) is 4.53. The van der Waals surface area contributed by atoms with Crippen LogP contribution in [0.15, 0.2) is 47.9 Å². The highest BCUT2D eigenvalue weighted by atomic mass is 32.2. The number of nitrogens with zero attached hydrogens (tertiary/aromatic N) is 3. The topological polar surface area (TPSA) is 89.5 Å². The molecule has 38 heavy (non-hydrogen) atoms. The number of benzene rings is 1. The first-order valence-electron chi connectivity index (χ1n) is 13.7. The van der Waals surface area contributed by atoms with Gasteiger partial charge in [-0.15, -0.1) is 0 Å². The largest absolute Gasteiger partial charge is 0.460 e. The normalized spacial score (nSPS) is 26.8. The van der Waals surface area contributed by atoms with Crippen LogP contribution in [0.25, 0.3) is 5.57 Å². The summed E-state index contributed by atoms with van der Waals surface area (Å²) in [5, 5.41) is 0. The van der Waals surface area contributed by atoms with Gasteiger partial charge in [0.1, 0.15) is 11.9 Å². The van der Waals surface area contributed by atoms with Crippen molar-refractivity contribution in [3.63, 3.8) is 0 Å². The van der Waals surface area contributed by atoms with Crippen LogP contribution in [0.4, 0.5) is 0 Å². The summed E-state index contributed by atoms with van der Waals surface area (Å²) in [4.78, 5) is 20.9. The molecule has 0 unspecified atom stereocenters. The van der Waals surface area contributed by atoms with Crippen LogP contribution in [0.2, 0.25) is 0 Å². The summed E-state index contributed by atoms with van der Waals surface area (Å²) in [5.74, 6) is 1.22. The van der Waals surface area contributed by atoms with E-state index in [2.05, 4.69) is 29.0 Å². The maximum absolute atomic E-state index is 13.3. The molecule has 0 saturated heterocycles. The molecule has 2 aromatic rings. The van der Waals surface area contributed by atoms with E-state index in [0.717, 1.165) is 43.2 Å². The van der Waals surface area contributed by atoms with Gasteiger partial charge < -0.3 is 4.74 Å². The lowest BCUT2D eigenvalue weighted by Crippen LogP contribution is -2.41. The lowest BCUT2D eigenvalue weighted by molar-refractivity contribution is -0.154. The van der Waals surface area contributed by atoms with Gasteiger partial charge in [0.2, 0.25) is 10.0 Å². The summed E-state index contributed by atoms with van der Waals surface area (Å²) >= 11 is 0. The van der Waals surface area contributed by atoms with E-state index in [4.69, 9.17) is 4.74 Å². The third-order valence-corrected chi connectivity index (χ3v) is 10.8. The van der Waals surface area contributed by atoms with Gasteiger partial charge in [-0.3, -0.25) is 4.79 Å². The third-order valence-electron chi connectivity index (χ3n) is 8.91. The second-order valence-electron chi connectivity index (χ2n) is 12.4. The lowest BCUT2D eigenvalue weighted by Gasteiger charge is -2.50. The summed E-state index contributed by atoms with van der Waals surface area (Å²) in [7, 11) is -2.17. The summed E-state index contributed by atoms with van der Waals surface area (Å²) in [6, 6.07) is 5.68. The number of carbonyl (C=O) groups is 1. The van der Waals surface area contributed by atoms with Crippen molar-refractivity contribution in [3.05, 3.63) is 59.7 Å². The number of fused-ring (bicyclic) bond motifs is 5. The first-order chi connectivity index (χ1) is 17.9. The van der Waals surface area contributed by atoms with Gasteiger partial charge in [-0.25, -0.2) is 22.7 Å². The van der Waals surface area contributed by atoms with Crippen molar-refractivity contribution in [2.75, 3.05) is 13.6 Å². The molecule has 7 nitrogen and oxygen atoms in total. The molecule has 5 rings (SSSR count). The van der Waals surface area contributed by atoms with E-state index in [1.165, 1.54) is 22.5 Å². The van der Waals surface area contributed by atoms with Crippen molar-refractivity contribution >= 4 is 21.6 Å². The van der Waals surface area contributed by atoms with Gasteiger partial charge >= 0.3 is 5.97 Å². The number of sulfonamides is 1. The Labute approximate surface area is 226 Å². The van der Waals surface area contributed by atoms with Crippen molar-refractivity contribution < 1.29 is 17.9 Å². The molecular formula is C30H39N3O4S. The van der Waals surface area contributed by atoms with E-state index >= 15 is 0 Å². The van der Waals surface area contributed by atoms with E-state index < -0.39 is 21.6 Å². The summed E-state index contributed by atoms with van der Waals surface area (Å²) in [6.45, 7) is 7.90. The number of hydrogen-bond acceptors (Lipinski definition) is 6. The van der Waals surface area contributed by atoms with E-state index in [1.54, 1.807) is 33.2 Å². The minimum atomic E-state index is -3.70. The van der Waals surface area contributed by atoms with Crippen LogP contribution in [-0.2, 0) is 26.0 Å². The first kappa shape index (κ1) is 27.0. The molecule has 0 bridgehead atoms. The Hall–Kier alpha value is -2.58. The monoisotopic (exact) mass is 537 g/mol. The molecule has 1 aromatic heterocycles. The number of esters is 1. The van der Waals surface area contributed by atoms with E-state index in [9.17, 15) is 13.2 Å². The fourth-order valence-electron chi connectivity index (χ4n) is 7.11. The quantitative estimate of drug-likeness (QED) is 0.460. The van der Waals surface area contributed by atoms with Crippen LogP contribution in [0, 0.1) is 17.3 Å². The van der Waals surface area contributed by atoms with Crippen LogP contribution < -0.4 is 0 Å². The highest BCUT2D eigenvalue weighted by Crippen LogP contribution is 2.63. The maximum Gasteiger partial charge on any atom is 0.307 e. The first-order valence-corrected chi connectivity index (χ1v) is 15.1. The second-order valence-corrected chi connectivity index (χ2v) is 14.4. The molecule has 3 aliphatic carbocycles. The molecule has 1 heterocycles. The predicted octanol–water partition coefficient (Wildman–Crippen LogP) is 5.38. The van der Waals surface area contributed by atoms with Crippen LogP contribution in [-0.4, -0.2) is 47.9 Å². The minimum absolute atomic E-state index is 0.0208. The van der Waals surface area contributed by atoms with Gasteiger partial charge in [-0.1, -0.05) is 19.1 Å². The number of aryl methyl sites for hydroxylation is 1. The van der Waals surface area contributed by atoms with Gasteiger partial charge in [0.05, 0.1) is 11.3 Å². The number of allylic oxidation sites excluding steroid dienone is 2. The fraction of sp³-hybridized carbons (Fsp3) is 0.567. The van der Waals surface area contributed by atoms with Crippen molar-refractivity contribution in [2.24, 2.45) is 17.3 Å². The zero-order valence-corrected chi connectivity index (χ0v) is 23.9. The van der Waals surface area contributed by atoms with Crippen LogP contribution >= 0.6 is 0 Å². The molecule has 4 atom stereocenters. The zero-order valence-electron chi connectivity index (χ0n) is 23.1. The molecular weight excluding hydrogens is 498 g/mol. The van der Waals surface area contributed by atoms with Crippen molar-refractivity contribution in [1.29, 1.82) is 0 Å². The number of rotatable bonds is 6. The zero-order chi connectivity index (χ0) is 27.3. The average Bonchev–Trinajstić information content (AvgIpc) is 3.23. The Balaban J connectivity index is 1.31. The van der Waals surface area contributed by atoms with Gasteiger partial charge in [-0.05, 0) is 105 Å². The Bertz CT molecular complexity index is 1350. The van der Waals surface area contributed by atoms with Gasteiger partial charge in [0.25, 0.3) is 0 Å². The van der Waals surface area contributed by atoms with Gasteiger partial charge in [0.15, 0.2) is 0 Å². The van der Waals surface area contributed by atoms with E-state index in [-0.39, 0.29) is 18.4 Å². The Morgan fingerprint density at radius 2 is 1.92 bits per heavy atom. The molecule has 204 valence electrons. The standard InChI is InChI=1S/C30H39N3O4S/c1-29(2,3)37-28(34)13-15-33(5)38(35,36)22-7-9-23-20(16-22)6-8-25-24(23)12-14-30(4)26(10-11-27(25)30)21-17-31-19-32-18-21/h7,9-10,16-19,24-25,27H,6,8,11-15H2,1-5H3/t24-,25-,27+,30-/m1/s1. The van der Waals surface area contributed by atoms with Crippen LogP contribution in [0.3, 0.4) is 0 Å². The second kappa shape index (κ2) is 9.87. The average molecular weight is 538 g/mol. The molecule has 0 radical (unpaired) electrons. The Kier molecular flexibility index (Phi) is 7.01. The fourth-order valence-corrected chi connectivity index (χ4v) is 8.34. The lowest BCUT2D eigenvalue weighted by atomic mass is 9.54. The van der Waals surface area contributed by atoms with Gasteiger partial charge in [0, 0.05) is 31.5 Å². The molecule has 0 aliphatic heterocycles. The maximum atomic E-state index is 13.3. The van der Waals surface area contributed by atoms with Gasteiger partial charge in [-0.2, -0.15) is 0 Å². The van der Waals surface area contributed by atoms with Crippen molar-refractivity contribution in [1.82, 2.24) is 14.3 Å². The molecule has 0 spiro atoms. The molecule has 1 aromatic carbocycles. The Morgan fingerprint density at radius 3 is 2.63 bits per heavy atom. The number of hydrogen-bond donors (Lipinski definition) is 0. The van der Waals surface area contributed by atoms with Crippen molar-refractivity contribution in [2.45, 2.75) is 82.6 Å². The summed E-state index contributed by atoms with van der Waals surface area (Å²) < 4.78 is 33.2. The van der Waals surface area contributed by atoms with Crippen LogP contribution in [0.1, 0.15) is 82.4 Å². The molecule has 1 fully saturated rings. The predicted molar refractivity (Wildman–Crippen MR) is 147 cm³/mol. The van der Waals surface area contributed by atoms with Crippen molar-refractivity contribution in [3.8, 4) is 0 Å². The SMILES string of the molecule is CN(CCC(=O)OC(C)(C)C)S(=O)(=O)c1ccc2c(c1)CC[C@@H]1[C@@H]2CC[C@]2(C)C(c3cncnc3)=CC[C@@H]12. The summed E-state index contributed by atoms with van der Waals surface area (Å²) in [6.07, 6.45) is 13.1. The minimum Gasteiger partial charge on any atom is -0.460 e. The third kappa shape index (κ3) is 4.93. The highest BCUT2D eigenvalue weighted by molar-refractivity contribution is 7.89. The molecule has 1 saturated carbocycles. The number of ether oxygens (including phenoxy) is 1.